The molecule has 0 heterocycles. The molecule has 0 radical (unpaired) electrons. The van der Waals surface area contributed by atoms with Crippen LogP contribution in [0, 0.1) is 0 Å². The fourth-order valence-corrected chi connectivity index (χ4v) is 2.19. The van der Waals surface area contributed by atoms with E-state index in [0.717, 1.165) is 12.0 Å². The van der Waals surface area contributed by atoms with Gasteiger partial charge in [-0.2, -0.15) is 0 Å². The lowest BCUT2D eigenvalue weighted by molar-refractivity contribution is -0.146. The van der Waals surface area contributed by atoms with Gasteiger partial charge in [-0.15, -0.1) is 0 Å². The third-order valence-corrected chi connectivity index (χ3v) is 3.55. The summed E-state index contributed by atoms with van der Waals surface area (Å²) in [7, 11) is 0. The Hall–Kier alpha value is -2.37. The first kappa shape index (κ1) is 21.7. The van der Waals surface area contributed by atoms with Crippen molar-refractivity contribution in [2.45, 2.75) is 65.6 Å². The Morgan fingerprint density at radius 3 is 2.27 bits per heavy atom. The molecule has 1 atom stereocenters. The minimum Gasteiger partial charge on any atom is -0.454 e. The van der Waals surface area contributed by atoms with Crippen LogP contribution in [0.1, 0.15) is 63.4 Å². The molecule has 0 aliphatic carbocycles. The van der Waals surface area contributed by atoms with Gasteiger partial charge in [0.25, 0.3) is 0 Å². The van der Waals surface area contributed by atoms with Gasteiger partial charge in [-0.05, 0) is 46.1 Å². The maximum Gasteiger partial charge on any atom is 0.407 e. The number of nitrogens with one attached hydrogen (secondary N) is 1. The van der Waals surface area contributed by atoms with Crippen molar-refractivity contribution >= 4 is 17.8 Å². The largest absolute Gasteiger partial charge is 0.454 e. The Morgan fingerprint density at radius 1 is 1.12 bits per heavy atom. The number of benzene rings is 1. The van der Waals surface area contributed by atoms with Crippen molar-refractivity contribution in [2.75, 3.05) is 6.54 Å². The summed E-state index contributed by atoms with van der Waals surface area (Å²) in [5.74, 6) is -0.699. The average Bonchev–Trinajstić information content (AvgIpc) is 2.56. The van der Waals surface area contributed by atoms with Crippen LogP contribution in [0.2, 0.25) is 0 Å². The number of hydrogen-bond acceptors (Lipinski definition) is 5. The van der Waals surface area contributed by atoms with Crippen LogP contribution in [0.25, 0.3) is 0 Å². The Bertz CT molecular complexity index is 616. The number of carbonyl (C=O) groups is 3. The highest BCUT2D eigenvalue weighted by molar-refractivity contribution is 6.00. The topological polar surface area (TPSA) is 81.7 Å². The van der Waals surface area contributed by atoms with Gasteiger partial charge in [-0.1, -0.05) is 31.2 Å². The lowest BCUT2D eigenvalue weighted by Crippen LogP contribution is -2.33. The quantitative estimate of drug-likeness (QED) is 0.433. The van der Waals surface area contributed by atoms with Crippen LogP contribution in [0.15, 0.2) is 24.3 Å². The molecule has 0 spiro atoms. The van der Waals surface area contributed by atoms with Gasteiger partial charge in [0.05, 0.1) is 0 Å². The van der Waals surface area contributed by atoms with Gasteiger partial charge < -0.3 is 14.8 Å². The molecule has 0 fully saturated rings. The molecule has 0 saturated carbocycles. The van der Waals surface area contributed by atoms with E-state index in [1.165, 1.54) is 0 Å². The van der Waals surface area contributed by atoms with Crippen LogP contribution in [-0.2, 0) is 20.7 Å². The minimum absolute atomic E-state index is 0.113. The molecule has 1 amide bonds. The van der Waals surface area contributed by atoms with Crippen LogP contribution >= 0.6 is 0 Å². The van der Waals surface area contributed by atoms with Crippen LogP contribution in [0.5, 0.6) is 0 Å². The zero-order chi connectivity index (χ0) is 19.7. The van der Waals surface area contributed by atoms with Crippen molar-refractivity contribution in [3.63, 3.8) is 0 Å². The molecule has 0 aromatic heterocycles. The number of ether oxygens (including phenoxy) is 2. The monoisotopic (exact) mass is 363 g/mol. The maximum absolute atomic E-state index is 12.3. The molecule has 0 saturated heterocycles. The van der Waals surface area contributed by atoms with E-state index in [4.69, 9.17) is 9.47 Å². The number of amides is 1. The third-order valence-electron chi connectivity index (χ3n) is 3.55. The average molecular weight is 363 g/mol. The number of esters is 1. The Labute approximate surface area is 155 Å². The Balaban J connectivity index is 2.33. The van der Waals surface area contributed by atoms with E-state index in [9.17, 15) is 14.4 Å². The van der Waals surface area contributed by atoms with Gasteiger partial charge in [0, 0.05) is 18.5 Å². The van der Waals surface area contributed by atoms with Crippen LogP contribution in [0.4, 0.5) is 4.79 Å². The number of rotatable bonds is 8. The molecule has 0 aliphatic heterocycles. The minimum atomic E-state index is -0.839. The predicted octanol–water partition coefficient (Wildman–Crippen LogP) is 3.67. The van der Waals surface area contributed by atoms with Crippen molar-refractivity contribution in [1.82, 2.24) is 5.32 Å². The molecule has 0 aliphatic rings. The molecule has 1 rings (SSSR count). The first-order chi connectivity index (χ1) is 12.1. The molecule has 1 aromatic rings. The zero-order valence-corrected chi connectivity index (χ0v) is 16.3. The SMILES string of the molecule is CCc1ccc(C(=O)[C@@H](C)OC(=O)CCCNC(=O)OC(C)(C)C)cc1. The molecule has 6 heteroatoms. The molecule has 144 valence electrons. The number of ketones is 1. The van der Waals surface area contributed by atoms with Gasteiger partial charge in [-0.25, -0.2) is 4.79 Å². The van der Waals surface area contributed by atoms with Gasteiger partial charge in [0.1, 0.15) is 5.60 Å². The van der Waals surface area contributed by atoms with Crippen LogP contribution in [0.3, 0.4) is 0 Å². The summed E-state index contributed by atoms with van der Waals surface area (Å²) in [4.78, 5) is 35.6. The molecular formula is C20H29NO5. The second kappa shape index (κ2) is 9.94. The van der Waals surface area contributed by atoms with Gasteiger partial charge in [0.15, 0.2) is 6.10 Å². The number of carbonyl (C=O) groups excluding carboxylic acids is 3. The Kier molecular flexibility index (Phi) is 8.29. The molecule has 1 N–H and O–H groups in total. The molecule has 0 unspecified atom stereocenters. The molecule has 1 aromatic carbocycles. The molecular weight excluding hydrogens is 334 g/mol. The van der Waals surface area contributed by atoms with E-state index >= 15 is 0 Å². The first-order valence-electron chi connectivity index (χ1n) is 8.92. The fraction of sp³-hybridized carbons (Fsp3) is 0.550. The summed E-state index contributed by atoms with van der Waals surface area (Å²) in [6, 6.07) is 7.28. The van der Waals surface area contributed by atoms with Crippen molar-refractivity contribution in [3.05, 3.63) is 35.4 Å². The molecule has 0 bridgehead atoms. The Morgan fingerprint density at radius 2 is 1.73 bits per heavy atom. The normalized spacial score (nSPS) is 12.2. The maximum atomic E-state index is 12.3. The summed E-state index contributed by atoms with van der Waals surface area (Å²) in [5.41, 5.74) is 1.10. The summed E-state index contributed by atoms with van der Waals surface area (Å²) < 4.78 is 10.3. The zero-order valence-electron chi connectivity index (χ0n) is 16.3. The van der Waals surface area contributed by atoms with E-state index in [1.807, 2.05) is 19.1 Å². The highest BCUT2D eigenvalue weighted by Gasteiger charge is 2.19. The standard InChI is InChI=1S/C20H29NO5/c1-6-15-9-11-16(12-10-15)18(23)14(2)25-17(22)8-7-13-21-19(24)26-20(3,4)5/h9-12,14H,6-8,13H2,1-5H3,(H,21,24)/t14-/m1/s1. The fourth-order valence-electron chi connectivity index (χ4n) is 2.19. The summed E-state index contributed by atoms with van der Waals surface area (Å²) >= 11 is 0. The molecule has 6 nitrogen and oxygen atoms in total. The highest BCUT2D eigenvalue weighted by atomic mass is 16.6. The van der Waals surface area contributed by atoms with Crippen molar-refractivity contribution < 1.29 is 23.9 Å². The van der Waals surface area contributed by atoms with Crippen LogP contribution < -0.4 is 5.32 Å². The summed E-state index contributed by atoms with van der Waals surface area (Å²) in [6.07, 6.45) is 0.0571. The van der Waals surface area contributed by atoms with Gasteiger partial charge in [-0.3, -0.25) is 9.59 Å². The molecule has 26 heavy (non-hydrogen) atoms. The van der Waals surface area contributed by atoms with E-state index in [0.29, 0.717) is 18.5 Å². The van der Waals surface area contributed by atoms with Gasteiger partial charge >= 0.3 is 12.1 Å². The van der Waals surface area contributed by atoms with Crippen molar-refractivity contribution in [2.24, 2.45) is 0 Å². The second-order valence-corrected chi connectivity index (χ2v) is 7.08. The highest BCUT2D eigenvalue weighted by Crippen LogP contribution is 2.10. The van der Waals surface area contributed by atoms with E-state index < -0.39 is 23.8 Å². The lowest BCUT2D eigenvalue weighted by Gasteiger charge is -2.19. The smallest absolute Gasteiger partial charge is 0.407 e. The first-order valence-corrected chi connectivity index (χ1v) is 8.92. The number of hydrogen-bond donors (Lipinski definition) is 1. The number of Topliss-reactive ketones (excluding diaryl/α,β-unsaturated/α-hetero) is 1. The van der Waals surface area contributed by atoms with Crippen molar-refractivity contribution in [1.29, 1.82) is 0 Å². The van der Waals surface area contributed by atoms with E-state index in [-0.39, 0.29) is 12.2 Å². The number of alkyl carbamates (subject to hydrolysis) is 1. The second-order valence-electron chi connectivity index (χ2n) is 7.08. The van der Waals surface area contributed by atoms with Gasteiger partial charge in [0.2, 0.25) is 5.78 Å². The van der Waals surface area contributed by atoms with Crippen LogP contribution in [-0.4, -0.2) is 36.1 Å². The van der Waals surface area contributed by atoms with Crippen molar-refractivity contribution in [3.8, 4) is 0 Å². The summed E-state index contributed by atoms with van der Waals surface area (Å²) in [5, 5.41) is 2.57. The lowest BCUT2D eigenvalue weighted by atomic mass is 10.0. The predicted molar refractivity (Wildman–Crippen MR) is 99.2 cm³/mol. The van der Waals surface area contributed by atoms with E-state index in [1.54, 1.807) is 39.8 Å². The van der Waals surface area contributed by atoms with E-state index in [2.05, 4.69) is 5.32 Å². The third kappa shape index (κ3) is 8.14. The number of aryl methyl sites for hydroxylation is 1. The summed E-state index contributed by atoms with van der Waals surface area (Å²) in [6.45, 7) is 9.23.